The number of fused-ring (bicyclic) bond motifs is 5. The van der Waals surface area contributed by atoms with Crippen LogP contribution in [-0.4, -0.2) is 41.1 Å². The minimum Gasteiger partial charge on any atom is -0.463 e. The van der Waals surface area contributed by atoms with Crippen LogP contribution in [0.1, 0.15) is 65.7 Å². The van der Waals surface area contributed by atoms with Crippen molar-refractivity contribution in [1.29, 1.82) is 0 Å². The number of aliphatic hydroxyl groups is 1. The van der Waals surface area contributed by atoms with E-state index in [0.29, 0.717) is 18.8 Å². The summed E-state index contributed by atoms with van der Waals surface area (Å²) < 4.78 is 10.6. The first-order chi connectivity index (χ1) is 14.6. The van der Waals surface area contributed by atoms with Crippen molar-refractivity contribution in [3.63, 3.8) is 0 Å². The molecule has 0 unspecified atom stereocenters. The fraction of sp³-hybridized carbons (Fsp3) is 0.720. The predicted octanol–water partition coefficient (Wildman–Crippen LogP) is 3.27. The quantitative estimate of drug-likeness (QED) is 0.679. The molecule has 6 nitrogen and oxygen atoms in total. The van der Waals surface area contributed by atoms with E-state index in [0.717, 1.165) is 43.3 Å². The molecule has 0 spiro atoms. The average molecular weight is 429 g/mol. The summed E-state index contributed by atoms with van der Waals surface area (Å²) in [6.45, 7) is 5.81. The van der Waals surface area contributed by atoms with Crippen LogP contribution in [0.5, 0.6) is 0 Å². The lowest BCUT2D eigenvalue weighted by Gasteiger charge is -2.59. The minimum atomic E-state index is -1.11. The predicted molar refractivity (Wildman–Crippen MR) is 112 cm³/mol. The lowest BCUT2D eigenvalue weighted by molar-refractivity contribution is -0.159. The molecule has 0 aromatic carbocycles. The first kappa shape index (κ1) is 20.9. The number of rotatable bonds is 2. The van der Waals surface area contributed by atoms with Crippen molar-refractivity contribution in [3.8, 4) is 0 Å². The minimum absolute atomic E-state index is 0.0204. The monoisotopic (exact) mass is 428 g/mol. The van der Waals surface area contributed by atoms with E-state index < -0.39 is 11.0 Å². The van der Waals surface area contributed by atoms with Crippen LogP contribution >= 0.6 is 0 Å². The van der Waals surface area contributed by atoms with E-state index in [1.165, 1.54) is 13.0 Å². The maximum atomic E-state index is 13.7. The molecule has 7 atom stereocenters. The number of allylic oxidation sites excluding steroid dienone is 1. The number of esters is 2. The molecule has 0 radical (unpaired) electrons. The molecule has 1 N–H and O–H groups in total. The molecule has 4 aliphatic carbocycles. The molecular weight excluding hydrogens is 396 g/mol. The average Bonchev–Trinajstić information content (AvgIpc) is 3.24. The highest BCUT2D eigenvalue weighted by atomic mass is 16.5. The molecule has 168 valence electrons. The Kier molecular flexibility index (Phi) is 4.57. The Morgan fingerprint density at radius 2 is 1.87 bits per heavy atom. The molecular formula is C25H32O6. The van der Waals surface area contributed by atoms with E-state index in [1.54, 1.807) is 0 Å². The van der Waals surface area contributed by atoms with Gasteiger partial charge in [0.05, 0.1) is 11.0 Å². The molecule has 0 aromatic heterocycles. The Bertz CT molecular complexity index is 917. The van der Waals surface area contributed by atoms with Gasteiger partial charge in [-0.2, -0.15) is 0 Å². The maximum absolute atomic E-state index is 13.7. The molecule has 5 rings (SSSR count). The largest absolute Gasteiger partial charge is 0.463 e. The highest BCUT2D eigenvalue weighted by Gasteiger charge is 2.68. The van der Waals surface area contributed by atoms with Crippen molar-refractivity contribution in [2.24, 2.45) is 28.6 Å². The van der Waals surface area contributed by atoms with E-state index in [9.17, 15) is 19.5 Å². The molecule has 0 bridgehead atoms. The Hall–Kier alpha value is -1.95. The van der Waals surface area contributed by atoms with Gasteiger partial charge in [0.1, 0.15) is 12.7 Å². The summed E-state index contributed by atoms with van der Waals surface area (Å²) in [6.07, 6.45) is 8.80. The number of carbonyl (C=O) groups excluding carboxylic acids is 3. The Morgan fingerprint density at radius 3 is 2.55 bits per heavy atom. The van der Waals surface area contributed by atoms with E-state index in [1.807, 2.05) is 13.0 Å². The van der Waals surface area contributed by atoms with Gasteiger partial charge in [0, 0.05) is 18.9 Å². The smallest absolute Gasteiger partial charge is 0.331 e. The third-order valence-corrected chi connectivity index (χ3v) is 9.52. The zero-order chi connectivity index (χ0) is 22.2. The van der Waals surface area contributed by atoms with Crippen LogP contribution in [0.2, 0.25) is 0 Å². The van der Waals surface area contributed by atoms with Gasteiger partial charge in [0.25, 0.3) is 0 Å². The summed E-state index contributed by atoms with van der Waals surface area (Å²) >= 11 is 0. The van der Waals surface area contributed by atoms with E-state index >= 15 is 0 Å². The third-order valence-electron chi connectivity index (χ3n) is 9.52. The number of ether oxygens (including phenoxy) is 2. The summed E-state index contributed by atoms with van der Waals surface area (Å²) in [7, 11) is 0. The van der Waals surface area contributed by atoms with Crippen LogP contribution < -0.4 is 0 Å². The number of hydrogen-bond donors (Lipinski definition) is 1. The standard InChI is InChI=1S/C25H32O6/c1-14(26)31-17-6-8-23(2)16(11-17)4-5-19-20(23)12-21(27)24(3)18(7-9-25(19,24)29)15-10-22(28)30-13-15/h10,12,16-19,29H,4-9,11,13H2,1-3H3/t16-,17+,18-,19-,23+,24+,25+/m1/s1. The van der Waals surface area contributed by atoms with E-state index in [2.05, 4.69) is 6.92 Å². The number of cyclic esters (lactones) is 1. The zero-order valence-corrected chi connectivity index (χ0v) is 18.6. The molecule has 0 aromatic rings. The summed E-state index contributed by atoms with van der Waals surface area (Å²) in [4.78, 5) is 36.8. The lowest BCUT2D eigenvalue weighted by Crippen LogP contribution is -2.61. The summed E-state index contributed by atoms with van der Waals surface area (Å²) in [6, 6.07) is 0. The summed E-state index contributed by atoms with van der Waals surface area (Å²) in [5, 5.41) is 12.1. The van der Waals surface area contributed by atoms with Gasteiger partial charge in [-0.1, -0.05) is 12.5 Å². The van der Waals surface area contributed by atoms with Gasteiger partial charge in [-0.05, 0) is 80.8 Å². The SMILES string of the molecule is CC(=O)O[C@H]1CC[C@]2(C)C3=CC(=O)[C@]4(C)[C@@H](C5=CC(=O)OC5)CC[C@]4(O)[C@@H]3CC[C@@H]2C1. The molecule has 1 heterocycles. The molecule has 5 aliphatic rings. The second-order valence-electron chi connectivity index (χ2n) is 10.8. The van der Waals surface area contributed by atoms with Crippen LogP contribution in [0.3, 0.4) is 0 Å². The van der Waals surface area contributed by atoms with Crippen molar-refractivity contribution in [2.45, 2.75) is 77.4 Å². The van der Waals surface area contributed by atoms with Crippen LogP contribution in [0.4, 0.5) is 0 Å². The first-order valence-corrected chi connectivity index (χ1v) is 11.6. The van der Waals surface area contributed by atoms with Gasteiger partial charge < -0.3 is 14.6 Å². The van der Waals surface area contributed by atoms with Crippen LogP contribution in [-0.2, 0) is 23.9 Å². The summed E-state index contributed by atoms with van der Waals surface area (Å²) in [5.74, 6) is -0.487. The molecule has 6 heteroatoms. The van der Waals surface area contributed by atoms with Gasteiger partial charge in [0.2, 0.25) is 0 Å². The number of carbonyl (C=O) groups is 3. The van der Waals surface area contributed by atoms with Gasteiger partial charge in [-0.3, -0.25) is 9.59 Å². The van der Waals surface area contributed by atoms with Gasteiger partial charge >= 0.3 is 11.9 Å². The first-order valence-electron chi connectivity index (χ1n) is 11.6. The van der Waals surface area contributed by atoms with Crippen molar-refractivity contribution < 1.29 is 29.0 Å². The van der Waals surface area contributed by atoms with Crippen LogP contribution in [0.15, 0.2) is 23.3 Å². The van der Waals surface area contributed by atoms with Crippen molar-refractivity contribution in [1.82, 2.24) is 0 Å². The number of ketones is 1. The van der Waals surface area contributed by atoms with Gasteiger partial charge in [-0.15, -0.1) is 0 Å². The van der Waals surface area contributed by atoms with Gasteiger partial charge in [-0.25, -0.2) is 4.79 Å². The Labute approximate surface area is 183 Å². The van der Waals surface area contributed by atoms with Gasteiger partial charge in [0.15, 0.2) is 5.78 Å². The normalized spacial score (nSPS) is 46.3. The fourth-order valence-corrected chi connectivity index (χ4v) is 7.77. The Balaban J connectivity index is 1.50. The second kappa shape index (κ2) is 6.77. The second-order valence-corrected chi connectivity index (χ2v) is 10.8. The van der Waals surface area contributed by atoms with E-state index in [4.69, 9.17) is 9.47 Å². The maximum Gasteiger partial charge on any atom is 0.331 e. The highest BCUT2D eigenvalue weighted by molar-refractivity contribution is 5.99. The summed E-state index contributed by atoms with van der Waals surface area (Å²) in [5.41, 5.74) is -0.250. The molecule has 0 amide bonds. The molecule has 31 heavy (non-hydrogen) atoms. The van der Waals surface area contributed by atoms with Crippen LogP contribution in [0.25, 0.3) is 0 Å². The topological polar surface area (TPSA) is 89.9 Å². The molecule has 1 aliphatic heterocycles. The third kappa shape index (κ3) is 2.76. The van der Waals surface area contributed by atoms with Crippen molar-refractivity contribution in [3.05, 3.63) is 23.3 Å². The lowest BCUT2D eigenvalue weighted by atomic mass is 9.47. The fourth-order valence-electron chi connectivity index (χ4n) is 7.77. The number of hydrogen-bond acceptors (Lipinski definition) is 6. The molecule has 3 fully saturated rings. The zero-order valence-electron chi connectivity index (χ0n) is 18.6. The van der Waals surface area contributed by atoms with E-state index in [-0.39, 0.29) is 47.7 Å². The molecule has 3 saturated carbocycles. The van der Waals surface area contributed by atoms with Crippen molar-refractivity contribution >= 4 is 17.7 Å². The molecule has 0 saturated heterocycles. The highest BCUT2D eigenvalue weighted by Crippen LogP contribution is 2.67. The Morgan fingerprint density at radius 1 is 1.10 bits per heavy atom. The van der Waals surface area contributed by atoms with Crippen molar-refractivity contribution in [2.75, 3.05) is 6.61 Å². The van der Waals surface area contributed by atoms with Crippen LogP contribution in [0, 0.1) is 28.6 Å².